The molecule has 2 radical (unpaired) electrons. The van der Waals surface area contributed by atoms with Gasteiger partial charge in [0.25, 0.3) is 0 Å². The predicted molar refractivity (Wildman–Crippen MR) is 147 cm³/mol. The fourth-order valence-corrected chi connectivity index (χ4v) is 2.96. The van der Waals surface area contributed by atoms with Crippen LogP contribution in [0.15, 0.2) is 24.3 Å². The number of nitrogens with one attached hydrogen (secondary N) is 3. The zero-order valence-corrected chi connectivity index (χ0v) is 23.3. The Morgan fingerprint density at radius 3 is 2.18 bits per heavy atom. The molecule has 13 heteroatoms. The van der Waals surface area contributed by atoms with E-state index in [-0.39, 0.29) is 25.6 Å². The number of amides is 3. The smallest absolute Gasteiger partial charge is 0.426 e. The largest absolute Gasteiger partial charge is 0.470 e. The van der Waals surface area contributed by atoms with Crippen molar-refractivity contribution in [1.82, 2.24) is 15.7 Å². The van der Waals surface area contributed by atoms with E-state index in [1.807, 2.05) is 0 Å². The van der Waals surface area contributed by atoms with Crippen LogP contribution in [0, 0.1) is 5.92 Å². The molecule has 0 saturated carbocycles. The van der Waals surface area contributed by atoms with Crippen molar-refractivity contribution in [3.05, 3.63) is 29.8 Å². The average molecular weight is 534 g/mol. The number of ether oxygens (including phenoxy) is 1. The van der Waals surface area contributed by atoms with E-state index < -0.39 is 35.4 Å². The van der Waals surface area contributed by atoms with Crippen LogP contribution in [0.4, 0.5) is 15.3 Å². The highest BCUT2D eigenvalue weighted by molar-refractivity contribution is 6.55. The van der Waals surface area contributed by atoms with Gasteiger partial charge < -0.3 is 37.0 Å². The summed E-state index contributed by atoms with van der Waals surface area (Å²) in [4.78, 5) is 52.6. The van der Waals surface area contributed by atoms with Gasteiger partial charge in [0.05, 0.1) is 13.1 Å². The molecule has 0 saturated heterocycles. The SMILES string of the molecule is CCCCN.[B]C(=O)OCc1ccc(NC(=O)CNC(=O)C(NC(=O)ON(C)CC(C)(C)N)C(C)C)cc1. The maximum atomic E-state index is 12.5. The summed E-state index contributed by atoms with van der Waals surface area (Å²) in [6.45, 7) is 10.1. The summed E-state index contributed by atoms with van der Waals surface area (Å²) in [5, 5.41) is 8.91. The van der Waals surface area contributed by atoms with E-state index in [0.717, 1.165) is 6.54 Å². The first-order valence-corrected chi connectivity index (χ1v) is 12.5. The third-order valence-electron chi connectivity index (χ3n) is 4.69. The number of carbonyl (C=O) groups is 4. The molecule has 1 unspecified atom stereocenters. The number of nitrogens with two attached hydrogens (primary N) is 2. The molecule has 0 aromatic heterocycles. The van der Waals surface area contributed by atoms with E-state index in [1.54, 1.807) is 59.0 Å². The van der Waals surface area contributed by atoms with Crippen LogP contribution in [-0.2, 0) is 25.8 Å². The summed E-state index contributed by atoms with van der Waals surface area (Å²) < 4.78 is 4.68. The number of rotatable bonds is 13. The molecular formula is C25H43BN6O6. The molecule has 38 heavy (non-hydrogen) atoms. The fourth-order valence-electron chi connectivity index (χ4n) is 2.96. The highest BCUT2D eigenvalue weighted by atomic mass is 16.7. The Labute approximate surface area is 226 Å². The monoisotopic (exact) mass is 534 g/mol. The Balaban J connectivity index is 0.00000249. The first kappa shape index (κ1) is 34.8. The molecule has 1 atom stereocenters. The van der Waals surface area contributed by atoms with Crippen molar-refractivity contribution < 1.29 is 28.8 Å². The van der Waals surface area contributed by atoms with E-state index in [4.69, 9.17) is 24.2 Å². The summed E-state index contributed by atoms with van der Waals surface area (Å²) in [5.41, 5.74) is 11.6. The molecule has 3 amide bonds. The molecule has 0 bridgehead atoms. The molecular weight excluding hydrogens is 491 g/mol. The zero-order valence-electron chi connectivity index (χ0n) is 23.3. The number of likely N-dealkylation sites (N-methyl/N-ethyl adjacent to an activating group) is 1. The summed E-state index contributed by atoms with van der Waals surface area (Å²) in [7, 11) is 6.47. The van der Waals surface area contributed by atoms with Crippen molar-refractivity contribution in [3.63, 3.8) is 0 Å². The van der Waals surface area contributed by atoms with Crippen molar-refractivity contribution >= 4 is 37.3 Å². The van der Waals surface area contributed by atoms with Crippen molar-refractivity contribution in [2.45, 2.75) is 65.6 Å². The van der Waals surface area contributed by atoms with Gasteiger partial charge in [-0.15, -0.1) is 5.06 Å². The maximum Gasteiger partial charge on any atom is 0.426 e. The Hall–Kier alpha value is -3.16. The average Bonchev–Trinajstić information content (AvgIpc) is 2.80. The van der Waals surface area contributed by atoms with Gasteiger partial charge in [0.15, 0.2) is 0 Å². The number of hydrogen-bond acceptors (Lipinski definition) is 9. The van der Waals surface area contributed by atoms with Gasteiger partial charge in [-0.2, -0.15) is 0 Å². The lowest BCUT2D eigenvalue weighted by Crippen LogP contribution is -2.52. The van der Waals surface area contributed by atoms with Crippen LogP contribution in [0.5, 0.6) is 0 Å². The third kappa shape index (κ3) is 17.3. The second kappa shape index (κ2) is 18.2. The predicted octanol–water partition coefficient (Wildman–Crippen LogP) is 1.63. The lowest BCUT2D eigenvalue weighted by Gasteiger charge is -2.27. The van der Waals surface area contributed by atoms with Gasteiger partial charge in [0.2, 0.25) is 25.5 Å². The van der Waals surface area contributed by atoms with Crippen LogP contribution in [-0.4, -0.2) is 74.9 Å². The number of benzene rings is 1. The number of hydrogen-bond donors (Lipinski definition) is 5. The van der Waals surface area contributed by atoms with Crippen LogP contribution in [0.25, 0.3) is 0 Å². The highest BCUT2D eigenvalue weighted by Gasteiger charge is 2.26. The minimum absolute atomic E-state index is 0.0193. The van der Waals surface area contributed by atoms with Crippen molar-refractivity contribution in [3.8, 4) is 0 Å². The van der Waals surface area contributed by atoms with Gasteiger partial charge in [0, 0.05) is 18.3 Å². The van der Waals surface area contributed by atoms with Crippen molar-refractivity contribution in [1.29, 1.82) is 0 Å². The van der Waals surface area contributed by atoms with Gasteiger partial charge in [-0.3, -0.25) is 14.4 Å². The van der Waals surface area contributed by atoms with E-state index in [1.165, 1.54) is 17.9 Å². The van der Waals surface area contributed by atoms with Gasteiger partial charge in [-0.05, 0) is 50.4 Å². The second-order valence-electron chi connectivity index (χ2n) is 9.73. The third-order valence-corrected chi connectivity index (χ3v) is 4.69. The lowest BCUT2D eigenvalue weighted by atomic mass is 10.0. The van der Waals surface area contributed by atoms with E-state index in [2.05, 4.69) is 27.6 Å². The molecule has 0 aliphatic rings. The molecule has 7 N–H and O–H groups in total. The molecule has 1 rings (SSSR count). The molecule has 212 valence electrons. The Morgan fingerprint density at radius 1 is 1.13 bits per heavy atom. The van der Waals surface area contributed by atoms with Crippen LogP contribution in [0.3, 0.4) is 0 Å². The van der Waals surface area contributed by atoms with E-state index >= 15 is 0 Å². The molecule has 0 fully saturated rings. The number of carbonyl (C=O) groups excluding carboxylic acids is 4. The molecule has 0 aliphatic carbocycles. The van der Waals surface area contributed by atoms with Gasteiger partial charge >= 0.3 is 6.09 Å². The van der Waals surface area contributed by atoms with Gasteiger partial charge in [-0.1, -0.05) is 39.3 Å². The zero-order chi connectivity index (χ0) is 29.3. The van der Waals surface area contributed by atoms with Gasteiger partial charge in [-0.25, -0.2) is 4.79 Å². The normalized spacial score (nSPS) is 11.6. The first-order chi connectivity index (χ1) is 17.7. The molecule has 1 aromatic carbocycles. The first-order valence-electron chi connectivity index (χ1n) is 12.5. The highest BCUT2D eigenvalue weighted by Crippen LogP contribution is 2.10. The quantitative estimate of drug-likeness (QED) is 0.186. The van der Waals surface area contributed by atoms with E-state index in [9.17, 15) is 19.2 Å². The Morgan fingerprint density at radius 2 is 1.74 bits per heavy atom. The standard InChI is InChI=1S/C21H32BN5O6.C4H11N/c1-13(2)17(26-20(31)33-27(5)12-21(3,4)23)18(29)24-10-16(28)25-15-8-6-14(7-9-15)11-32-19(22)30;1-2-3-4-5/h6-9,13,17H,10-12,23H2,1-5H3,(H,24,29)(H,25,28)(H,26,31);2-5H2,1H3. The number of hydroxylamine groups is 2. The summed E-state index contributed by atoms with van der Waals surface area (Å²) in [5.74, 6) is -2.12. The molecule has 0 spiro atoms. The van der Waals surface area contributed by atoms with Crippen molar-refractivity contribution in [2.24, 2.45) is 17.4 Å². The molecule has 0 aliphatic heterocycles. The number of unbranched alkanes of at least 4 members (excludes halogenated alkanes) is 1. The van der Waals surface area contributed by atoms with Crippen LogP contribution >= 0.6 is 0 Å². The van der Waals surface area contributed by atoms with Crippen LogP contribution in [0.1, 0.15) is 53.0 Å². The molecule has 12 nitrogen and oxygen atoms in total. The topological polar surface area (TPSA) is 178 Å². The fraction of sp³-hybridized carbons (Fsp3) is 0.600. The van der Waals surface area contributed by atoms with Crippen molar-refractivity contribution in [2.75, 3.05) is 32.0 Å². The van der Waals surface area contributed by atoms with Crippen LogP contribution < -0.4 is 27.4 Å². The second-order valence-corrected chi connectivity index (χ2v) is 9.73. The molecule has 0 heterocycles. The minimum atomic E-state index is -0.908. The number of anilines is 1. The summed E-state index contributed by atoms with van der Waals surface area (Å²) in [6, 6.07) is 5.64. The van der Waals surface area contributed by atoms with Gasteiger partial charge in [0.1, 0.15) is 12.6 Å². The Bertz CT molecular complexity index is 874. The maximum absolute atomic E-state index is 12.5. The summed E-state index contributed by atoms with van der Waals surface area (Å²) in [6.07, 6.45) is 1.58. The molecule has 1 aromatic rings. The Kier molecular flexibility index (Phi) is 16.6. The summed E-state index contributed by atoms with van der Waals surface area (Å²) >= 11 is 0. The minimum Gasteiger partial charge on any atom is -0.470 e. The number of nitrogens with zero attached hydrogens (tertiary/aromatic N) is 1. The lowest BCUT2D eigenvalue weighted by molar-refractivity contribution is -0.127. The van der Waals surface area contributed by atoms with Crippen LogP contribution in [0.2, 0.25) is 0 Å². The van der Waals surface area contributed by atoms with E-state index in [0.29, 0.717) is 11.3 Å².